The van der Waals surface area contributed by atoms with Crippen LogP contribution in [0.4, 0.5) is 0 Å². The summed E-state index contributed by atoms with van der Waals surface area (Å²) in [5, 5.41) is 5.58. The molecule has 0 aliphatic heterocycles. The van der Waals surface area contributed by atoms with E-state index in [0.717, 1.165) is 24.8 Å². The predicted molar refractivity (Wildman–Crippen MR) is 78.9 cm³/mol. The molecule has 1 fully saturated rings. The van der Waals surface area contributed by atoms with Crippen LogP contribution in [0.15, 0.2) is 24.3 Å². The van der Waals surface area contributed by atoms with Gasteiger partial charge in [0.05, 0.1) is 6.54 Å². The highest BCUT2D eigenvalue weighted by atomic mass is 16.5. The quantitative estimate of drug-likeness (QED) is 0.626. The summed E-state index contributed by atoms with van der Waals surface area (Å²) in [6.07, 6.45) is 2.87. The summed E-state index contributed by atoms with van der Waals surface area (Å²) in [6, 6.07) is 7.84. The molecule has 6 nitrogen and oxygen atoms in total. The minimum Gasteiger partial charge on any atom is -0.484 e. The Kier molecular flexibility index (Phi) is 5.57. The molecule has 1 aliphatic carbocycles. The Morgan fingerprint density at radius 3 is 2.52 bits per heavy atom. The minimum atomic E-state index is -0.156. The molecule has 0 radical (unpaired) electrons. The van der Waals surface area contributed by atoms with Crippen LogP contribution in [0.5, 0.6) is 5.75 Å². The van der Waals surface area contributed by atoms with E-state index >= 15 is 0 Å². The summed E-state index contributed by atoms with van der Waals surface area (Å²) in [7, 11) is 0. The number of amides is 2. The van der Waals surface area contributed by atoms with Gasteiger partial charge in [0.1, 0.15) is 5.75 Å². The van der Waals surface area contributed by atoms with Crippen LogP contribution >= 0.6 is 0 Å². The van der Waals surface area contributed by atoms with E-state index in [9.17, 15) is 9.59 Å². The van der Waals surface area contributed by atoms with Gasteiger partial charge in [-0.15, -0.1) is 0 Å². The average molecular weight is 291 g/mol. The van der Waals surface area contributed by atoms with Crippen LogP contribution in [0.3, 0.4) is 0 Å². The molecule has 114 valence electrons. The van der Waals surface area contributed by atoms with Crippen LogP contribution in [-0.2, 0) is 16.0 Å². The molecule has 0 spiro atoms. The smallest absolute Gasteiger partial charge is 0.258 e. The third-order valence-electron chi connectivity index (χ3n) is 3.16. The number of benzene rings is 1. The first-order valence-electron chi connectivity index (χ1n) is 7.15. The Hall–Kier alpha value is -2.08. The van der Waals surface area contributed by atoms with E-state index in [0.29, 0.717) is 18.3 Å². The maximum Gasteiger partial charge on any atom is 0.258 e. The summed E-state index contributed by atoms with van der Waals surface area (Å²) < 4.78 is 5.41. The zero-order valence-corrected chi connectivity index (χ0v) is 11.9. The van der Waals surface area contributed by atoms with Crippen molar-refractivity contribution in [1.82, 2.24) is 10.6 Å². The number of carbonyl (C=O) groups excluding carboxylic acids is 2. The van der Waals surface area contributed by atoms with Gasteiger partial charge in [-0.1, -0.05) is 12.1 Å². The first-order chi connectivity index (χ1) is 10.2. The molecule has 2 rings (SSSR count). The van der Waals surface area contributed by atoms with Gasteiger partial charge in [0, 0.05) is 12.6 Å². The van der Waals surface area contributed by atoms with Crippen molar-refractivity contribution in [2.24, 2.45) is 5.73 Å². The molecule has 4 N–H and O–H groups in total. The topological polar surface area (TPSA) is 93.5 Å². The van der Waals surface area contributed by atoms with Gasteiger partial charge in [-0.25, -0.2) is 0 Å². The van der Waals surface area contributed by atoms with E-state index in [1.165, 1.54) is 0 Å². The van der Waals surface area contributed by atoms with E-state index in [4.69, 9.17) is 10.5 Å². The first kappa shape index (κ1) is 15.3. The Bertz CT molecular complexity index is 483. The fourth-order valence-corrected chi connectivity index (χ4v) is 1.82. The molecular weight excluding hydrogens is 270 g/mol. The van der Waals surface area contributed by atoms with Crippen molar-refractivity contribution in [3.63, 3.8) is 0 Å². The second-order valence-corrected chi connectivity index (χ2v) is 5.08. The fourth-order valence-electron chi connectivity index (χ4n) is 1.82. The Morgan fingerprint density at radius 2 is 1.90 bits per heavy atom. The molecule has 0 saturated heterocycles. The number of nitrogens with one attached hydrogen (secondary N) is 2. The Morgan fingerprint density at radius 1 is 1.19 bits per heavy atom. The number of hydrogen-bond donors (Lipinski definition) is 3. The highest BCUT2D eigenvalue weighted by molar-refractivity contribution is 5.78. The SMILES string of the molecule is NCC(=O)NCCc1ccc(OCC(=O)NC2CC2)cc1. The van der Waals surface area contributed by atoms with Crippen molar-refractivity contribution in [2.45, 2.75) is 25.3 Å². The molecule has 0 aromatic heterocycles. The van der Waals surface area contributed by atoms with Crippen LogP contribution in [-0.4, -0.2) is 37.6 Å². The summed E-state index contributed by atoms with van der Waals surface area (Å²) >= 11 is 0. The third-order valence-corrected chi connectivity index (χ3v) is 3.16. The fraction of sp³-hybridized carbons (Fsp3) is 0.467. The number of carbonyl (C=O) groups is 2. The number of rotatable bonds is 8. The molecule has 0 bridgehead atoms. The highest BCUT2D eigenvalue weighted by Gasteiger charge is 2.23. The second-order valence-electron chi connectivity index (χ2n) is 5.08. The molecule has 1 aliphatic rings. The maximum absolute atomic E-state index is 11.5. The molecule has 1 saturated carbocycles. The van der Waals surface area contributed by atoms with Gasteiger partial charge in [0.25, 0.3) is 5.91 Å². The normalized spacial score (nSPS) is 13.6. The lowest BCUT2D eigenvalue weighted by Gasteiger charge is -2.08. The molecule has 6 heteroatoms. The lowest BCUT2D eigenvalue weighted by atomic mass is 10.1. The van der Waals surface area contributed by atoms with Crippen molar-refractivity contribution in [1.29, 1.82) is 0 Å². The zero-order valence-electron chi connectivity index (χ0n) is 11.9. The average Bonchev–Trinajstić information content (AvgIpc) is 3.30. The number of hydrogen-bond acceptors (Lipinski definition) is 4. The largest absolute Gasteiger partial charge is 0.484 e. The summed E-state index contributed by atoms with van der Waals surface area (Å²) in [6.45, 7) is 0.609. The predicted octanol–water partition coefficient (Wildman–Crippen LogP) is -0.0386. The summed E-state index contributed by atoms with van der Waals surface area (Å²) in [4.78, 5) is 22.5. The number of ether oxygens (including phenoxy) is 1. The van der Waals surface area contributed by atoms with Crippen molar-refractivity contribution in [3.8, 4) is 5.75 Å². The van der Waals surface area contributed by atoms with Gasteiger partial charge in [0.15, 0.2) is 6.61 Å². The van der Waals surface area contributed by atoms with Gasteiger partial charge in [0.2, 0.25) is 5.91 Å². The van der Waals surface area contributed by atoms with Crippen molar-refractivity contribution in [2.75, 3.05) is 19.7 Å². The zero-order chi connectivity index (χ0) is 15.1. The van der Waals surface area contributed by atoms with Crippen LogP contribution in [0.2, 0.25) is 0 Å². The van der Waals surface area contributed by atoms with E-state index in [-0.39, 0.29) is 25.0 Å². The molecule has 1 aromatic carbocycles. The lowest BCUT2D eigenvalue weighted by molar-refractivity contribution is -0.123. The molecule has 0 unspecified atom stereocenters. The summed E-state index contributed by atoms with van der Waals surface area (Å²) in [5.41, 5.74) is 6.29. The monoisotopic (exact) mass is 291 g/mol. The molecule has 1 aromatic rings. The maximum atomic E-state index is 11.5. The van der Waals surface area contributed by atoms with E-state index < -0.39 is 0 Å². The van der Waals surface area contributed by atoms with Gasteiger partial charge in [-0.05, 0) is 37.0 Å². The molecule has 21 heavy (non-hydrogen) atoms. The Labute approximate surface area is 124 Å². The molecule has 0 atom stereocenters. The Balaban J connectivity index is 1.68. The van der Waals surface area contributed by atoms with Crippen molar-refractivity contribution < 1.29 is 14.3 Å². The second kappa shape index (κ2) is 7.64. The molecular formula is C15H21N3O3. The molecule has 2 amide bonds. The third kappa shape index (κ3) is 5.83. The van der Waals surface area contributed by atoms with E-state index in [1.807, 2.05) is 24.3 Å². The minimum absolute atomic E-state index is 0.00962. The van der Waals surface area contributed by atoms with Gasteiger partial charge in [-0.2, -0.15) is 0 Å². The standard InChI is InChI=1S/C15H21N3O3/c16-9-14(19)17-8-7-11-1-5-13(6-2-11)21-10-15(20)18-12-3-4-12/h1-2,5-6,12H,3-4,7-10,16H2,(H,17,19)(H,18,20). The summed E-state index contributed by atoms with van der Waals surface area (Å²) in [5.74, 6) is 0.429. The van der Waals surface area contributed by atoms with Gasteiger partial charge in [-0.3, -0.25) is 9.59 Å². The van der Waals surface area contributed by atoms with Crippen LogP contribution in [0.1, 0.15) is 18.4 Å². The van der Waals surface area contributed by atoms with Gasteiger partial charge < -0.3 is 21.1 Å². The molecule has 0 heterocycles. The van der Waals surface area contributed by atoms with Crippen LogP contribution < -0.4 is 21.1 Å². The van der Waals surface area contributed by atoms with E-state index in [2.05, 4.69) is 10.6 Å². The van der Waals surface area contributed by atoms with Crippen molar-refractivity contribution in [3.05, 3.63) is 29.8 Å². The van der Waals surface area contributed by atoms with Crippen molar-refractivity contribution >= 4 is 11.8 Å². The van der Waals surface area contributed by atoms with Crippen LogP contribution in [0.25, 0.3) is 0 Å². The van der Waals surface area contributed by atoms with E-state index in [1.54, 1.807) is 0 Å². The van der Waals surface area contributed by atoms with Crippen LogP contribution in [0, 0.1) is 0 Å². The number of nitrogens with two attached hydrogens (primary N) is 1. The lowest BCUT2D eigenvalue weighted by Crippen LogP contribution is -2.31. The first-order valence-corrected chi connectivity index (χ1v) is 7.15. The highest BCUT2D eigenvalue weighted by Crippen LogP contribution is 2.18. The van der Waals surface area contributed by atoms with Gasteiger partial charge >= 0.3 is 0 Å².